The molecule has 0 bridgehead atoms. The van der Waals surface area contributed by atoms with E-state index >= 15 is 0 Å². The van der Waals surface area contributed by atoms with Crippen LogP contribution in [0.5, 0.6) is 5.75 Å². The van der Waals surface area contributed by atoms with Crippen LogP contribution in [0.2, 0.25) is 0 Å². The molecule has 0 atom stereocenters. The van der Waals surface area contributed by atoms with Crippen LogP contribution in [0.15, 0.2) is 74.5 Å². The third kappa shape index (κ3) is 3.74. The molecule has 158 valence electrons. The van der Waals surface area contributed by atoms with E-state index in [1.54, 1.807) is 25.1 Å². The first-order valence-corrected chi connectivity index (χ1v) is 10.6. The van der Waals surface area contributed by atoms with Crippen molar-refractivity contribution < 1.29 is 18.1 Å². The molecule has 1 heterocycles. The second-order valence-electron chi connectivity index (χ2n) is 7.03. The monoisotopic (exact) mass is 438 g/mol. The van der Waals surface area contributed by atoms with Crippen LogP contribution in [-0.4, -0.2) is 27.9 Å². The quantitative estimate of drug-likeness (QED) is 0.322. The second kappa shape index (κ2) is 7.49. The lowest BCUT2D eigenvalue weighted by atomic mass is 10.1. The van der Waals surface area contributed by atoms with Crippen LogP contribution in [0, 0.1) is 13.8 Å². The van der Waals surface area contributed by atoms with Gasteiger partial charge in [-0.2, -0.15) is 8.42 Å². The first-order valence-electron chi connectivity index (χ1n) is 9.19. The second-order valence-corrected chi connectivity index (χ2v) is 8.42. The van der Waals surface area contributed by atoms with Crippen LogP contribution >= 0.6 is 0 Å². The summed E-state index contributed by atoms with van der Waals surface area (Å²) in [5.74, 6) is -0.498. The fraction of sp³-hybridized carbons (Fsp3) is 0.0952. The zero-order valence-electron chi connectivity index (χ0n) is 16.6. The third-order valence-corrected chi connectivity index (χ3v) is 5.68. The number of hydrogen-bond donors (Lipinski definition) is 3. The van der Waals surface area contributed by atoms with Gasteiger partial charge in [-0.1, -0.05) is 36.4 Å². The number of aromatic amines is 1. The summed E-state index contributed by atoms with van der Waals surface area (Å²) in [5.41, 5.74) is 1.68. The molecule has 0 aliphatic rings. The summed E-state index contributed by atoms with van der Waals surface area (Å²) >= 11 is 0. The highest BCUT2D eigenvalue weighted by molar-refractivity contribution is 7.86. The van der Waals surface area contributed by atoms with Gasteiger partial charge in [0.25, 0.3) is 15.7 Å². The largest absolute Gasteiger partial charge is 0.506 e. The Morgan fingerprint density at radius 3 is 2.29 bits per heavy atom. The first kappa shape index (κ1) is 20.5. The van der Waals surface area contributed by atoms with Crippen LogP contribution in [-0.2, 0) is 10.1 Å². The molecule has 0 radical (unpaired) electrons. The number of H-pyrrole nitrogens is 1. The number of nitrogens with zero attached hydrogens (tertiary/aromatic N) is 3. The molecule has 3 N–H and O–H groups in total. The molecule has 4 rings (SSSR count). The standard InChI is InChI=1S/C21H18N4O5S/c1-12-6-5-7-14(10-12)25-21(27)19(13(2)24-25)22-23-20-16-9-4-3-8-15(16)18(11-17(20)26)31(28,29)30/h3-11,24,26H,1-2H3,(H,28,29,30). The van der Waals surface area contributed by atoms with E-state index in [1.165, 1.54) is 16.8 Å². The molecule has 0 saturated carbocycles. The van der Waals surface area contributed by atoms with Gasteiger partial charge in [-0.05, 0) is 31.5 Å². The van der Waals surface area contributed by atoms with Crippen molar-refractivity contribution in [3.8, 4) is 11.4 Å². The molecule has 0 aliphatic carbocycles. The Labute approximate surface area is 177 Å². The number of fused-ring (bicyclic) bond motifs is 1. The summed E-state index contributed by atoms with van der Waals surface area (Å²) in [6, 6.07) is 14.5. The highest BCUT2D eigenvalue weighted by Crippen LogP contribution is 2.39. The maximum Gasteiger partial charge on any atom is 0.299 e. The summed E-state index contributed by atoms with van der Waals surface area (Å²) in [7, 11) is -4.57. The molecule has 0 saturated heterocycles. The lowest BCUT2D eigenvalue weighted by molar-refractivity contribution is 0.468. The molecule has 31 heavy (non-hydrogen) atoms. The van der Waals surface area contributed by atoms with Crippen molar-refractivity contribution in [3.63, 3.8) is 0 Å². The average Bonchev–Trinajstić information content (AvgIpc) is 3.00. The Kier molecular flexibility index (Phi) is 4.96. The predicted octanol–water partition coefficient (Wildman–Crippen LogP) is 4.30. The van der Waals surface area contributed by atoms with Crippen molar-refractivity contribution in [2.45, 2.75) is 18.7 Å². The number of phenolic OH excluding ortho intramolecular Hbond substituents is 1. The molecule has 0 aliphatic heterocycles. The van der Waals surface area contributed by atoms with E-state index in [0.29, 0.717) is 11.4 Å². The molecule has 0 amide bonds. The van der Waals surface area contributed by atoms with Gasteiger partial charge in [0, 0.05) is 16.8 Å². The smallest absolute Gasteiger partial charge is 0.299 e. The van der Waals surface area contributed by atoms with Gasteiger partial charge in [0.2, 0.25) is 0 Å². The summed E-state index contributed by atoms with van der Waals surface area (Å²) in [4.78, 5) is 12.4. The van der Waals surface area contributed by atoms with Gasteiger partial charge in [-0.15, -0.1) is 10.2 Å². The SMILES string of the molecule is Cc1cccc(-n2[nH]c(C)c(N=Nc3c(O)cc(S(=O)(=O)O)c4ccccc34)c2=O)c1. The number of azo groups is 1. The van der Waals surface area contributed by atoms with E-state index in [-0.39, 0.29) is 22.1 Å². The van der Waals surface area contributed by atoms with Crippen molar-refractivity contribution in [1.29, 1.82) is 0 Å². The topological polar surface area (TPSA) is 137 Å². The minimum atomic E-state index is -4.57. The third-order valence-electron chi connectivity index (χ3n) is 4.79. The van der Waals surface area contributed by atoms with Crippen LogP contribution in [0.4, 0.5) is 11.4 Å². The number of phenols is 1. The number of aromatic hydroxyl groups is 1. The number of aromatic nitrogens is 2. The van der Waals surface area contributed by atoms with E-state index in [2.05, 4.69) is 15.3 Å². The molecule has 9 nitrogen and oxygen atoms in total. The van der Waals surface area contributed by atoms with Crippen molar-refractivity contribution >= 4 is 32.3 Å². The van der Waals surface area contributed by atoms with Crippen LogP contribution in [0.1, 0.15) is 11.3 Å². The fourth-order valence-electron chi connectivity index (χ4n) is 3.34. The predicted molar refractivity (Wildman–Crippen MR) is 115 cm³/mol. The summed E-state index contributed by atoms with van der Waals surface area (Å²) < 4.78 is 34.2. The maximum atomic E-state index is 12.9. The number of hydrogen-bond acceptors (Lipinski definition) is 6. The van der Waals surface area contributed by atoms with Gasteiger partial charge in [0.1, 0.15) is 16.3 Å². The molecule has 0 spiro atoms. The lowest BCUT2D eigenvalue weighted by Crippen LogP contribution is -2.14. The van der Waals surface area contributed by atoms with E-state index in [0.717, 1.165) is 11.6 Å². The van der Waals surface area contributed by atoms with E-state index < -0.39 is 26.3 Å². The average molecular weight is 438 g/mol. The van der Waals surface area contributed by atoms with Crippen LogP contribution in [0.3, 0.4) is 0 Å². The molecular formula is C21H18N4O5S. The molecule has 10 heteroatoms. The zero-order valence-corrected chi connectivity index (χ0v) is 17.4. The van der Waals surface area contributed by atoms with E-state index in [9.17, 15) is 22.9 Å². The molecule has 4 aromatic rings. The number of rotatable bonds is 4. The van der Waals surface area contributed by atoms with Crippen molar-refractivity contribution in [2.24, 2.45) is 10.2 Å². The molecule has 1 aromatic heterocycles. The number of benzene rings is 3. The lowest BCUT2D eigenvalue weighted by Gasteiger charge is -2.08. The van der Waals surface area contributed by atoms with Gasteiger partial charge in [0.05, 0.1) is 11.4 Å². The van der Waals surface area contributed by atoms with Gasteiger partial charge in [0.15, 0.2) is 5.69 Å². The molecule has 0 fully saturated rings. The fourth-order valence-corrected chi connectivity index (χ4v) is 4.05. The van der Waals surface area contributed by atoms with Crippen LogP contribution in [0.25, 0.3) is 16.5 Å². The van der Waals surface area contributed by atoms with Gasteiger partial charge in [-0.25, -0.2) is 4.68 Å². The molecular weight excluding hydrogens is 420 g/mol. The first-order chi connectivity index (χ1) is 14.7. The highest BCUT2D eigenvalue weighted by Gasteiger charge is 2.20. The van der Waals surface area contributed by atoms with E-state index in [4.69, 9.17) is 0 Å². The minimum absolute atomic E-state index is 0.0231. The highest BCUT2D eigenvalue weighted by atomic mass is 32.2. The number of aryl methyl sites for hydroxylation is 2. The minimum Gasteiger partial charge on any atom is -0.506 e. The zero-order chi connectivity index (χ0) is 22.3. The Bertz CT molecular complexity index is 1520. The van der Waals surface area contributed by atoms with E-state index in [1.807, 2.05) is 25.1 Å². The Morgan fingerprint density at radius 2 is 1.61 bits per heavy atom. The van der Waals surface area contributed by atoms with Crippen molar-refractivity contribution in [2.75, 3.05) is 0 Å². The van der Waals surface area contributed by atoms with Gasteiger partial charge in [-0.3, -0.25) is 14.4 Å². The Morgan fingerprint density at radius 1 is 0.935 bits per heavy atom. The normalized spacial score (nSPS) is 12.1. The Balaban J connectivity index is 1.86. The maximum absolute atomic E-state index is 12.9. The van der Waals surface area contributed by atoms with Crippen molar-refractivity contribution in [1.82, 2.24) is 9.78 Å². The summed E-state index contributed by atoms with van der Waals surface area (Å²) in [6.45, 7) is 3.58. The number of nitrogens with one attached hydrogen (secondary N) is 1. The van der Waals surface area contributed by atoms with Gasteiger partial charge < -0.3 is 5.11 Å². The van der Waals surface area contributed by atoms with Crippen LogP contribution < -0.4 is 5.56 Å². The molecule has 3 aromatic carbocycles. The summed E-state index contributed by atoms with van der Waals surface area (Å²) in [6.07, 6.45) is 0. The van der Waals surface area contributed by atoms with Gasteiger partial charge >= 0.3 is 0 Å². The Hall–Kier alpha value is -3.76. The summed E-state index contributed by atoms with van der Waals surface area (Å²) in [5, 5.41) is 21.8. The molecule has 0 unspecified atom stereocenters. The van der Waals surface area contributed by atoms with Crippen molar-refractivity contribution in [3.05, 3.63) is 76.2 Å².